The van der Waals surface area contributed by atoms with Gasteiger partial charge in [0.05, 0.1) is 27.0 Å². The molecule has 3 aromatic rings. The van der Waals surface area contributed by atoms with Crippen LogP contribution in [0.4, 0.5) is 0 Å². The molecule has 28 heavy (non-hydrogen) atoms. The van der Waals surface area contributed by atoms with Crippen molar-refractivity contribution in [1.29, 1.82) is 0 Å². The van der Waals surface area contributed by atoms with Crippen molar-refractivity contribution in [3.8, 4) is 28.6 Å². The largest absolute Gasteiger partial charge is 0.497 e. The lowest BCUT2D eigenvalue weighted by molar-refractivity contribution is 0.355. The SMILES string of the molecule is Br.COc1ccc(-c2nnc3n2N=C(c2ccc(OC)c(OC)c2)CS3)cc1. The summed E-state index contributed by atoms with van der Waals surface area (Å²) in [5, 5.41) is 14.1. The summed E-state index contributed by atoms with van der Waals surface area (Å²) in [5.74, 6) is 3.55. The lowest BCUT2D eigenvalue weighted by atomic mass is 10.1. The minimum Gasteiger partial charge on any atom is -0.497 e. The normalized spacial score (nSPS) is 12.5. The lowest BCUT2D eigenvalue weighted by Gasteiger charge is -2.15. The molecule has 2 heterocycles. The first-order valence-corrected chi connectivity index (χ1v) is 9.25. The molecule has 0 saturated heterocycles. The fourth-order valence-corrected chi connectivity index (χ4v) is 3.64. The molecule has 7 nitrogen and oxygen atoms in total. The maximum absolute atomic E-state index is 5.41. The molecular formula is C19H19BrN4O3S. The number of fused-ring (bicyclic) bond motifs is 1. The number of aromatic nitrogens is 3. The highest BCUT2D eigenvalue weighted by atomic mass is 79.9. The molecule has 1 aliphatic heterocycles. The van der Waals surface area contributed by atoms with Gasteiger partial charge in [-0.15, -0.1) is 27.2 Å². The number of rotatable bonds is 5. The molecule has 2 aromatic carbocycles. The van der Waals surface area contributed by atoms with E-state index in [0.29, 0.717) is 23.1 Å². The second kappa shape index (κ2) is 8.66. The minimum absolute atomic E-state index is 0. The van der Waals surface area contributed by atoms with E-state index in [-0.39, 0.29) is 17.0 Å². The van der Waals surface area contributed by atoms with E-state index in [9.17, 15) is 0 Å². The molecule has 1 aromatic heterocycles. The summed E-state index contributed by atoms with van der Waals surface area (Å²) < 4.78 is 17.7. The van der Waals surface area contributed by atoms with Gasteiger partial charge < -0.3 is 14.2 Å². The zero-order chi connectivity index (χ0) is 18.8. The second-order valence-electron chi connectivity index (χ2n) is 5.75. The van der Waals surface area contributed by atoms with Crippen LogP contribution >= 0.6 is 28.7 Å². The average Bonchev–Trinajstić information content (AvgIpc) is 3.16. The molecule has 0 spiro atoms. The highest BCUT2D eigenvalue weighted by Gasteiger charge is 2.21. The minimum atomic E-state index is 0. The van der Waals surface area contributed by atoms with Crippen LogP contribution in [0.5, 0.6) is 17.2 Å². The Balaban J connectivity index is 0.00000225. The standard InChI is InChI=1S/C19H18N4O3S.BrH/c1-24-14-7-4-12(5-8-14)18-20-21-19-23(18)22-15(11-27-19)13-6-9-16(25-2)17(10-13)26-3;/h4-10H,11H2,1-3H3;1H. The number of halogens is 1. The van der Waals surface area contributed by atoms with Crippen molar-refractivity contribution in [1.82, 2.24) is 14.9 Å². The number of hydrogen-bond donors (Lipinski definition) is 0. The van der Waals surface area contributed by atoms with Gasteiger partial charge in [0, 0.05) is 16.9 Å². The first kappa shape index (κ1) is 20.2. The van der Waals surface area contributed by atoms with Crippen molar-refractivity contribution < 1.29 is 14.2 Å². The van der Waals surface area contributed by atoms with Gasteiger partial charge in [0.1, 0.15) is 5.75 Å². The molecule has 0 radical (unpaired) electrons. The van der Waals surface area contributed by atoms with E-state index in [0.717, 1.165) is 27.7 Å². The Morgan fingerprint density at radius 1 is 0.857 bits per heavy atom. The van der Waals surface area contributed by atoms with E-state index >= 15 is 0 Å². The number of nitrogens with zero attached hydrogens (tertiary/aromatic N) is 4. The van der Waals surface area contributed by atoms with E-state index < -0.39 is 0 Å². The zero-order valence-electron chi connectivity index (χ0n) is 15.6. The third-order valence-corrected chi connectivity index (χ3v) is 5.17. The van der Waals surface area contributed by atoms with Gasteiger partial charge >= 0.3 is 0 Å². The molecule has 9 heteroatoms. The van der Waals surface area contributed by atoms with Crippen LogP contribution in [-0.4, -0.2) is 47.7 Å². The predicted molar refractivity (Wildman–Crippen MR) is 115 cm³/mol. The molecule has 0 aliphatic carbocycles. The van der Waals surface area contributed by atoms with E-state index in [2.05, 4.69) is 10.2 Å². The van der Waals surface area contributed by atoms with Crippen LogP contribution in [0.1, 0.15) is 5.56 Å². The Morgan fingerprint density at radius 3 is 2.25 bits per heavy atom. The molecule has 0 atom stereocenters. The predicted octanol–water partition coefficient (Wildman–Crippen LogP) is 3.91. The van der Waals surface area contributed by atoms with Crippen molar-refractivity contribution >= 4 is 34.5 Å². The van der Waals surface area contributed by atoms with Crippen molar-refractivity contribution in [2.75, 3.05) is 27.1 Å². The Bertz CT molecular complexity index is 1000. The number of hydrogen-bond acceptors (Lipinski definition) is 7. The van der Waals surface area contributed by atoms with Crippen LogP contribution in [0.2, 0.25) is 0 Å². The van der Waals surface area contributed by atoms with Gasteiger partial charge in [0.25, 0.3) is 0 Å². The van der Waals surface area contributed by atoms with Gasteiger partial charge in [0.2, 0.25) is 5.16 Å². The Morgan fingerprint density at radius 2 is 1.57 bits per heavy atom. The maximum Gasteiger partial charge on any atom is 0.212 e. The molecular weight excluding hydrogens is 444 g/mol. The van der Waals surface area contributed by atoms with Crippen molar-refractivity contribution in [3.63, 3.8) is 0 Å². The Hall–Kier alpha value is -2.52. The molecule has 146 valence electrons. The van der Waals surface area contributed by atoms with Crippen LogP contribution in [0.25, 0.3) is 11.4 Å². The average molecular weight is 463 g/mol. The number of benzene rings is 2. The van der Waals surface area contributed by atoms with Gasteiger partial charge in [-0.05, 0) is 42.5 Å². The fraction of sp³-hybridized carbons (Fsp3) is 0.211. The van der Waals surface area contributed by atoms with Crippen LogP contribution in [0.3, 0.4) is 0 Å². The number of methoxy groups -OCH3 is 3. The van der Waals surface area contributed by atoms with E-state index in [1.807, 2.05) is 42.5 Å². The Kier molecular flexibility index (Phi) is 6.25. The Labute approximate surface area is 177 Å². The molecule has 4 rings (SSSR count). The van der Waals surface area contributed by atoms with Crippen molar-refractivity contribution in [2.24, 2.45) is 5.10 Å². The van der Waals surface area contributed by atoms with Crippen LogP contribution in [-0.2, 0) is 0 Å². The second-order valence-corrected chi connectivity index (χ2v) is 6.69. The molecule has 0 amide bonds. The van der Waals surface area contributed by atoms with Crippen LogP contribution in [0, 0.1) is 0 Å². The zero-order valence-corrected chi connectivity index (χ0v) is 18.1. The quantitative estimate of drug-likeness (QED) is 0.572. The highest BCUT2D eigenvalue weighted by molar-refractivity contribution is 8.93. The lowest BCUT2D eigenvalue weighted by Crippen LogP contribution is -2.14. The fourth-order valence-electron chi connectivity index (χ4n) is 2.80. The molecule has 1 aliphatic rings. The van der Waals surface area contributed by atoms with Crippen LogP contribution < -0.4 is 14.2 Å². The summed E-state index contributed by atoms with van der Waals surface area (Å²) in [6.07, 6.45) is 0. The third kappa shape index (κ3) is 3.72. The maximum atomic E-state index is 5.41. The van der Waals surface area contributed by atoms with Gasteiger partial charge in [-0.3, -0.25) is 0 Å². The first-order valence-electron chi connectivity index (χ1n) is 8.26. The molecule has 0 unspecified atom stereocenters. The van der Waals surface area contributed by atoms with E-state index in [4.69, 9.17) is 19.3 Å². The smallest absolute Gasteiger partial charge is 0.212 e. The third-order valence-electron chi connectivity index (χ3n) is 4.24. The topological polar surface area (TPSA) is 70.8 Å². The van der Waals surface area contributed by atoms with E-state index in [1.165, 1.54) is 0 Å². The van der Waals surface area contributed by atoms with Crippen LogP contribution in [0.15, 0.2) is 52.7 Å². The van der Waals surface area contributed by atoms with E-state index in [1.54, 1.807) is 37.8 Å². The summed E-state index contributed by atoms with van der Waals surface area (Å²) in [6, 6.07) is 13.5. The summed E-state index contributed by atoms with van der Waals surface area (Å²) >= 11 is 1.60. The highest BCUT2D eigenvalue weighted by Crippen LogP contribution is 2.32. The van der Waals surface area contributed by atoms with Gasteiger partial charge in [0.15, 0.2) is 17.3 Å². The first-order chi connectivity index (χ1) is 13.2. The summed E-state index contributed by atoms with van der Waals surface area (Å²) in [7, 11) is 4.89. The molecule has 0 N–H and O–H groups in total. The monoisotopic (exact) mass is 462 g/mol. The molecule has 0 bridgehead atoms. The number of ether oxygens (including phenoxy) is 3. The molecule has 0 saturated carbocycles. The van der Waals surface area contributed by atoms with Gasteiger partial charge in [-0.2, -0.15) is 9.78 Å². The molecule has 0 fully saturated rings. The number of thioether (sulfide) groups is 1. The summed E-state index contributed by atoms with van der Waals surface area (Å²) in [6.45, 7) is 0. The summed E-state index contributed by atoms with van der Waals surface area (Å²) in [5.41, 5.74) is 2.82. The van der Waals surface area contributed by atoms with Gasteiger partial charge in [-0.25, -0.2) is 0 Å². The summed E-state index contributed by atoms with van der Waals surface area (Å²) in [4.78, 5) is 0. The van der Waals surface area contributed by atoms with Gasteiger partial charge in [-0.1, -0.05) is 11.8 Å². The van der Waals surface area contributed by atoms with Crippen molar-refractivity contribution in [2.45, 2.75) is 5.16 Å². The van der Waals surface area contributed by atoms with Crippen molar-refractivity contribution in [3.05, 3.63) is 48.0 Å².